The number of benzene rings is 2. The minimum absolute atomic E-state index is 0.0206. The highest BCUT2D eigenvalue weighted by molar-refractivity contribution is 6.32. The van der Waals surface area contributed by atoms with Gasteiger partial charge < -0.3 is 14.1 Å². The van der Waals surface area contributed by atoms with Gasteiger partial charge in [0.05, 0.1) is 12.1 Å². The molecule has 5 rings (SSSR count). The third-order valence-electron chi connectivity index (χ3n) is 5.39. The number of hydroxylamine groups is 2. The Hall–Kier alpha value is -4.13. The molecule has 2 aliphatic heterocycles. The van der Waals surface area contributed by atoms with E-state index in [0.29, 0.717) is 24.7 Å². The number of nitrogens with zero attached hydrogens (tertiary/aromatic N) is 3. The topological polar surface area (TPSA) is 79.9 Å². The largest absolute Gasteiger partial charge is 0.492 e. The molecular formula is C25H22N4O3. The summed E-state index contributed by atoms with van der Waals surface area (Å²) in [4.78, 5) is 22.2. The molecule has 2 aromatic carbocycles. The quantitative estimate of drug-likeness (QED) is 0.610. The molecule has 7 heteroatoms. The average molecular weight is 426 g/mol. The van der Waals surface area contributed by atoms with E-state index in [1.807, 2.05) is 61.7 Å². The minimum atomic E-state index is -0.449. The van der Waals surface area contributed by atoms with Crippen LogP contribution in [0.5, 0.6) is 5.75 Å². The Morgan fingerprint density at radius 3 is 2.84 bits per heavy atom. The van der Waals surface area contributed by atoms with Crippen LogP contribution in [0.15, 0.2) is 77.1 Å². The van der Waals surface area contributed by atoms with Gasteiger partial charge in [0.25, 0.3) is 5.91 Å². The van der Waals surface area contributed by atoms with Crippen LogP contribution in [0.2, 0.25) is 0 Å². The fourth-order valence-electron chi connectivity index (χ4n) is 3.90. The van der Waals surface area contributed by atoms with Crippen LogP contribution >= 0.6 is 0 Å². The minimum Gasteiger partial charge on any atom is -0.492 e. The molecule has 0 spiro atoms. The molecule has 0 saturated heterocycles. The summed E-state index contributed by atoms with van der Waals surface area (Å²) in [6.07, 6.45) is 5.33. The molecule has 0 saturated carbocycles. The van der Waals surface area contributed by atoms with Crippen LogP contribution < -0.4 is 4.74 Å². The highest BCUT2D eigenvalue weighted by Crippen LogP contribution is 2.27. The van der Waals surface area contributed by atoms with E-state index in [9.17, 15) is 4.79 Å². The molecule has 0 atom stereocenters. The summed E-state index contributed by atoms with van der Waals surface area (Å²) in [7, 11) is 0. The lowest BCUT2D eigenvalue weighted by Crippen LogP contribution is -2.38. The van der Waals surface area contributed by atoms with Crippen molar-refractivity contribution >= 4 is 34.6 Å². The van der Waals surface area contributed by atoms with Crippen LogP contribution in [0.1, 0.15) is 18.1 Å². The molecule has 3 heterocycles. The van der Waals surface area contributed by atoms with Gasteiger partial charge in [-0.15, -0.1) is 5.06 Å². The maximum atomic E-state index is 12.6. The second-order valence-electron chi connectivity index (χ2n) is 7.78. The van der Waals surface area contributed by atoms with Gasteiger partial charge in [-0.1, -0.05) is 30.3 Å². The van der Waals surface area contributed by atoms with E-state index in [1.165, 1.54) is 5.06 Å². The summed E-state index contributed by atoms with van der Waals surface area (Å²) in [5, 5.41) is 10.7. The van der Waals surface area contributed by atoms with Crippen molar-refractivity contribution in [1.29, 1.82) is 5.41 Å². The van der Waals surface area contributed by atoms with Crippen LogP contribution in [0, 0.1) is 12.3 Å². The number of allylic oxidation sites excluding steroid dienone is 1. The summed E-state index contributed by atoms with van der Waals surface area (Å²) in [6, 6.07) is 15.9. The molecular weight excluding hydrogens is 404 g/mol. The zero-order valence-corrected chi connectivity index (χ0v) is 17.8. The van der Waals surface area contributed by atoms with Crippen molar-refractivity contribution in [3.63, 3.8) is 0 Å². The molecule has 1 N–H and O–H groups in total. The fraction of sp³-hybridized carbons (Fsp3) is 0.160. The van der Waals surface area contributed by atoms with E-state index in [4.69, 9.17) is 15.0 Å². The van der Waals surface area contributed by atoms with Gasteiger partial charge in [0.15, 0.2) is 11.7 Å². The van der Waals surface area contributed by atoms with E-state index >= 15 is 0 Å². The average Bonchev–Trinajstić information content (AvgIpc) is 3.31. The van der Waals surface area contributed by atoms with Crippen molar-refractivity contribution < 1.29 is 14.4 Å². The van der Waals surface area contributed by atoms with Crippen molar-refractivity contribution in [1.82, 2.24) is 9.63 Å². The molecule has 1 aromatic heterocycles. The van der Waals surface area contributed by atoms with Crippen LogP contribution in [-0.2, 0) is 16.2 Å². The number of amidine groups is 2. The Balaban J connectivity index is 1.43. The van der Waals surface area contributed by atoms with Gasteiger partial charge in [-0.05, 0) is 43.7 Å². The number of amides is 1. The first-order chi connectivity index (χ1) is 15.5. The van der Waals surface area contributed by atoms with Crippen LogP contribution in [0.3, 0.4) is 0 Å². The molecule has 0 radical (unpaired) electrons. The molecule has 0 bridgehead atoms. The van der Waals surface area contributed by atoms with Crippen molar-refractivity contribution in [3.05, 3.63) is 83.3 Å². The maximum absolute atomic E-state index is 12.6. The number of rotatable bonds is 5. The lowest BCUT2D eigenvalue weighted by atomic mass is 10.1. The number of hydrogen-bond acceptors (Lipinski definition) is 4. The van der Waals surface area contributed by atoms with Gasteiger partial charge in [-0.25, -0.2) is 0 Å². The van der Waals surface area contributed by atoms with Crippen LogP contribution in [0.25, 0.3) is 17.0 Å². The number of carbonyl (C=O) groups excluding carboxylic acids is 1. The van der Waals surface area contributed by atoms with Crippen LogP contribution in [0.4, 0.5) is 0 Å². The van der Waals surface area contributed by atoms with Gasteiger partial charge in [-0.3, -0.25) is 10.2 Å². The zero-order valence-electron chi connectivity index (χ0n) is 17.8. The summed E-state index contributed by atoms with van der Waals surface area (Å²) in [5.41, 5.74) is 3.21. The number of hydrogen-bond donors (Lipinski definition) is 1. The molecule has 3 aromatic rings. The van der Waals surface area contributed by atoms with Crippen molar-refractivity contribution in [2.75, 3.05) is 6.61 Å². The Morgan fingerprint density at radius 2 is 2.00 bits per heavy atom. The van der Waals surface area contributed by atoms with Gasteiger partial charge >= 0.3 is 0 Å². The van der Waals surface area contributed by atoms with Gasteiger partial charge in [0.1, 0.15) is 18.1 Å². The maximum Gasteiger partial charge on any atom is 0.282 e. The number of para-hydroxylation sites is 1. The van der Waals surface area contributed by atoms with Gasteiger partial charge in [0.2, 0.25) is 0 Å². The first-order valence-electron chi connectivity index (χ1n) is 10.4. The SMILES string of the molecule is CC1=CC2=NC(=O)/C(=C/c3cn(CCOc4cccc(C)c4)c4ccccc34)C(=N)N2O1. The Kier molecular flexibility index (Phi) is 4.86. The summed E-state index contributed by atoms with van der Waals surface area (Å²) in [6.45, 7) is 4.94. The summed E-state index contributed by atoms with van der Waals surface area (Å²) in [5.74, 6) is 1.30. The molecule has 7 nitrogen and oxygen atoms in total. The first-order valence-corrected chi connectivity index (χ1v) is 10.4. The van der Waals surface area contributed by atoms with Crippen molar-refractivity contribution in [3.8, 4) is 5.75 Å². The summed E-state index contributed by atoms with van der Waals surface area (Å²) < 4.78 is 8.02. The van der Waals surface area contributed by atoms with Gasteiger partial charge in [0, 0.05) is 28.7 Å². The first kappa shape index (κ1) is 19.8. The van der Waals surface area contributed by atoms with Crippen molar-refractivity contribution in [2.45, 2.75) is 20.4 Å². The number of aliphatic imine (C=N–C) groups is 1. The molecule has 160 valence electrons. The number of carbonyl (C=O) groups is 1. The number of aryl methyl sites for hydroxylation is 1. The smallest absolute Gasteiger partial charge is 0.282 e. The van der Waals surface area contributed by atoms with Crippen LogP contribution in [-0.4, -0.2) is 33.8 Å². The van der Waals surface area contributed by atoms with Crippen molar-refractivity contribution in [2.24, 2.45) is 4.99 Å². The fourth-order valence-corrected chi connectivity index (χ4v) is 3.90. The lowest BCUT2D eigenvalue weighted by Gasteiger charge is -2.22. The predicted molar refractivity (Wildman–Crippen MR) is 123 cm³/mol. The number of ether oxygens (including phenoxy) is 1. The van der Waals surface area contributed by atoms with E-state index in [2.05, 4.69) is 9.56 Å². The monoisotopic (exact) mass is 426 g/mol. The third-order valence-corrected chi connectivity index (χ3v) is 5.39. The van der Waals surface area contributed by atoms with E-state index in [1.54, 1.807) is 19.1 Å². The highest BCUT2D eigenvalue weighted by Gasteiger charge is 2.34. The zero-order chi connectivity index (χ0) is 22.2. The number of aromatic nitrogens is 1. The predicted octanol–water partition coefficient (Wildman–Crippen LogP) is 4.48. The molecule has 2 aliphatic rings. The number of fused-ring (bicyclic) bond motifs is 2. The van der Waals surface area contributed by atoms with E-state index in [0.717, 1.165) is 27.8 Å². The second-order valence-corrected chi connectivity index (χ2v) is 7.78. The normalized spacial score (nSPS) is 16.8. The third kappa shape index (κ3) is 3.58. The molecule has 32 heavy (non-hydrogen) atoms. The molecule has 0 unspecified atom stereocenters. The second kappa shape index (κ2) is 7.85. The lowest BCUT2D eigenvalue weighted by molar-refractivity contribution is -0.114. The molecule has 1 amide bonds. The standard InChI is InChI=1S/C25H22N4O3/c1-16-6-5-7-19(12-16)31-11-10-28-15-18(20-8-3-4-9-22(20)28)14-21-24(26)29-23(27-25(21)30)13-17(2)32-29/h3-9,12-15,26H,10-11H2,1-2H3/b21-14+,26-24?. The Bertz CT molecular complexity index is 1350. The van der Waals surface area contributed by atoms with E-state index < -0.39 is 5.91 Å². The Labute approximate surface area is 185 Å². The Morgan fingerprint density at radius 1 is 1.16 bits per heavy atom. The van der Waals surface area contributed by atoms with Gasteiger partial charge in [-0.2, -0.15) is 4.99 Å². The number of nitrogens with one attached hydrogen (secondary N) is 1. The molecule has 0 fully saturated rings. The molecule has 0 aliphatic carbocycles. The summed E-state index contributed by atoms with van der Waals surface area (Å²) >= 11 is 0. The highest BCUT2D eigenvalue weighted by atomic mass is 16.7. The van der Waals surface area contributed by atoms with E-state index in [-0.39, 0.29) is 11.4 Å².